The zero-order chi connectivity index (χ0) is 12.0. The van der Waals surface area contributed by atoms with Crippen LogP contribution in [0.4, 0.5) is 4.39 Å². The Balaban J connectivity index is 3.03. The molecule has 0 fully saturated rings. The van der Waals surface area contributed by atoms with E-state index in [9.17, 15) is 9.18 Å². The number of carboxylic acids is 1. The number of benzene rings is 1. The Hall–Kier alpha value is -1.73. The van der Waals surface area contributed by atoms with Gasteiger partial charge in [-0.2, -0.15) is 12.6 Å². The van der Waals surface area contributed by atoms with Gasteiger partial charge < -0.3 is 5.11 Å². The molecule has 82 valence electrons. The summed E-state index contributed by atoms with van der Waals surface area (Å²) in [7, 11) is 0. The highest BCUT2D eigenvalue weighted by Crippen LogP contribution is 2.11. The normalized spacial score (nSPS) is 9.88. The molecule has 0 aliphatic carbocycles. The van der Waals surface area contributed by atoms with E-state index in [4.69, 9.17) is 5.11 Å². The lowest BCUT2D eigenvalue weighted by atomic mass is 10.1. The summed E-state index contributed by atoms with van der Waals surface area (Å²) < 4.78 is 13.2. The summed E-state index contributed by atoms with van der Waals surface area (Å²) in [6.45, 7) is 0. The Morgan fingerprint density at radius 2 is 2.31 bits per heavy atom. The summed E-state index contributed by atoms with van der Waals surface area (Å²) in [5, 5.41) is 8.43. The molecule has 0 spiro atoms. The second kappa shape index (κ2) is 5.99. The van der Waals surface area contributed by atoms with Gasteiger partial charge in [-0.05, 0) is 24.3 Å². The SMILES string of the molecule is O=C(O)/C=C/c1cc(C#CCS)ccc1F. The van der Waals surface area contributed by atoms with E-state index in [1.807, 2.05) is 0 Å². The Kier molecular flexibility index (Phi) is 4.62. The van der Waals surface area contributed by atoms with Crippen molar-refractivity contribution in [3.05, 3.63) is 41.2 Å². The van der Waals surface area contributed by atoms with Crippen molar-refractivity contribution in [3.8, 4) is 11.8 Å². The molecule has 2 nitrogen and oxygen atoms in total. The van der Waals surface area contributed by atoms with Crippen LogP contribution in [0.25, 0.3) is 6.08 Å². The number of aliphatic carboxylic acids is 1. The van der Waals surface area contributed by atoms with Gasteiger partial charge in [0.25, 0.3) is 0 Å². The standard InChI is InChI=1S/C12H9FO2S/c13-11-5-3-9(2-1-7-16)8-10(11)4-6-12(14)15/h3-6,8,16H,7H2,(H,14,15)/b6-4+. The van der Waals surface area contributed by atoms with Crippen molar-refractivity contribution >= 4 is 24.7 Å². The second-order valence-electron chi connectivity index (χ2n) is 2.87. The first-order chi connectivity index (χ1) is 7.63. The molecule has 0 amide bonds. The van der Waals surface area contributed by atoms with Crippen LogP contribution < -0.4 is 0 Å². The highest BCUT2D eigenvalue weighted by molar-refractivity contribution is 7.80. The van der Waals surface area contributed by atoms with Crippen molar-refractivity contribution in [2.24, 2.45) is 0 Å². The van der Waals surface area contributed by atoms with Gasteiger partial charge in [0.05, 0.1) is 5.75 Å². The van der Waals surface area contributed by atoms with E-state index in [1.165, 1.54) is 24.3 Å². The van der Waals surface area contributed by atoms with E-state index >= 15 is 0 Å². The lowest BCUT2D eigenvalue weighted by molar-refractivity contribution is -0.131. The topological polar surface area (TPSA) is 37.3 Å². The summed E-state index contributed by atoms with van der Waals surface area (Å²) in [5.41, 5.74) is 0.828. The zero-order valence-corrected chi connectivity index (χ0v) is 9.17. The first kappa shape index (κ1) is 12.3. The Bertz CT molecular complexity index is 484. The molecule has 0 saturated carbocycles. The van der Waals surface area contributed by atoms with Crippen molar-refractivity contribution in [1.29, 1.82) is 0 Å². The maximum absolute atomic E-state index is 13.2. The van der Waals surface area contributed by atoms with Crippen LogP contribution in [-0.4, -0.2) is 16.8 Å². The van der Waals surface area contributed by atoms with Gasteiger partial charge in [0, 0.05) is 17.2 Å². The number of hydrogen-bond acceptors (Lipinski definition) is 2. The van der Waals surface area contributed by atoms with Crippen LogP contribution in [0.1, 0.15) is 11.1 Å². The van der Waals surface area contributed by atoms with Gasteiger partial charge in [-0.15, -0.1) is 0 Å². The molecule has 1 aromatic rings. The van der Waals surface area contributed by atoms with Crippen molar-refractivity contribution in [2.45, 2.75) is 0 Å². The third kappa shape index (κ3) is 3.79. The van der Waals surface area contributed by atoms with Crippen LogP contribution in [-0.2, 0) is 4.79 Å². The lowest BCUT2D eigenvalue weighted by Crippen LogP contribution is -1.88. The molecule has 0 aromatic heterocycles. The molecular weight excluding hydrogens is 227 g/mol. The third-order valence-corrected chi connectivity index (χ3v) is 1.87. The monoisotopic (exact) mass is 236 g/mol. The number of carboxylic acid groups (broad SMARTS) is 1. The summed E-state index contributed by atoms with van der Waals surface area (Å²) in [6, 6.07) is 4.28. The molecule has 1 rings (SSSR count). The summed E-state index contributed by atoms with van der Waals surface area (Å²) in [4.78, 5) is 10.3. The van der Waals surface area contributed by atoms with Crippen LogP contribution in [0, 0.1) is 17.7 Å². The van der Waals surface area contributed by atoms with Crippen LogP contribution in [0.15, 0.2) is 24.3 Å². The first-order valence-electron chi connectivity index (χ1n) is 4.44. The minimum atomic E-state index is -1.12. The fourth-order valence-electron chi connectivity index (χ4n) is 1.05. The zero-order valence-electron chi connectivity index (χ0n) is 8.27. The highest BCUT2D eigenvalue weighted by Gasteiger charge is 1.99. The van der Waals surface area contributed by atoms with E-state index in [2.05, 4.69) is 24.5 Å². The maximum Gasteiger partial charge on any atom is 0.328 e. The predicted molar refractivity (Wildman–Crippen MR) is 63.8 cm³/mol. The van der Waals surface area contributed by atoms with Crippen molar-refractivity contribution < 1.29 is 14.3 Å². The molecule has 1 aromatic carbocycles. The van der Waals surface area contributed by atoms with Crippen molar-refractivity contribution in [1.82, 2.24) is 0 Å². The predicted octanol–water partition coefficient (Wildman–Crippen LogP) is 2.20. The minimum Gasteiger partial charge on any atom is -0.478 e. The molecule has 0 saturated heterocycles. The maximum atomic E-state index is 13.2. The van der Waals surface area contributed by atoms with Gasteiger partial charge >= 0.3 is 5.97 Å². The van der Waals surface area contributed by atoms with Gasteiger partial charge in [-0.3, -0.25) is 0 Å². The molecule has 0 aliphatic rings. The number of carbonyl (C=O) groups is 1. The van der Waals surface area contributed by atoms with E-state index in [-0.39, 0.29) is 5.56 Å². The van der Waals surface area contributed by atoms with Crippen LogP contribution in [0.3, 0.4) is 0 Å². The number of halogens is 1. The smallest absolute Gasteiger partial charge is 0.328 e. The number of hydrogen-bond donors (Lipinski definition) is 2. The largest absolute Gasteiger partial charge is 0.478 e. The molecule has 1 N–H and O–H groups in total. The molecular formula is C12H9FO2S. The summed E-state index contributed by atoms with van der Waals surface area (Å²) in [6.07, 6.45) is 2.08. The highest BCUT2D eigenvalue weighted by atomic mass is 32.1. The minimum absolute atomic E-state index is 0.202. The number of rotatable bonds is 2. The van der Waals surface area contributed by atoms with Gasteiger partial charge in [0.2, 0.25) is 0 Å². The molecule has 0 unspecified atom stereocenters. The van der Waals surface area contributed by atoms with Crippen LogP contribution in [0.2, 0.25) is 0 Å². The third-order valence-electron chi connectivity index (χ3n) is 1.71. The summed E-state index contributed by atoms with van der Waals surface area (Å²) >= 11 is 3.93. The van der Waals surface area contributed by atoms with Gasteiger partial charge in [-0.25, -0.2) is 9.18 Å². The quantitative estimate of drug-likeness (QED) is 0.469. The van der Waals surface area contributed by atoms with E-state index in [0.29, 0.717) is 11.3 Å². The van der Waals surface area contributed by atoms with Crippen molar-refractivity contribution in [2.75, 3.05) is 5.75 Å². The average Bonchev–Trinajstić information content (AvgIpc) is 2.26. The molecule has 0 atom stereocenters. The van der Waals surface area contributed by atoms with Gasteiger partial charge in [0.15, 0.2) is 0 Å². The summed E-state index contributed by atoms with van der Waals surface area (Å²) in [5.74, 6) is 4.32. The molecule has 0 heterocycles. The average molecular weight is 236 g/mol. The van der Waals surface area contributed by atoms with E-state index in [0.717, 1.165) is 6.08 Å². The second-order valence-corrected chi connectivity index (χ2v) is 3.18. The fraction of sp³-hybridized carbons (Fsp3) is 0.0833. The Morgan fingerprint density at radius 3 is 2.94 bits per heavy atom. The van der Waals surface area contributed by atoms with Gasteiger partial charge in [-0.1, -0.05) is 11.8 Å². The van der Waals surface area contributed by atoms with Crippen LogP contribution in [0.5, 0.6) is 0 Å². The first-order valence-corrected chi connectivity index (χ1v) is 5.07. The molecule has 16 heavy (non-hydrogen) atoms. The number of thiol groups is 1. The fourth-order valence-corrected chi connectivity index (χ4v) is 1.13. The molecule has 0 aliphatic heterocycles. The van der Waals surface area contributed by atoms with E-state index in [1.54, 1.807) is 0 Å². The van der Waals surface area contributed by atoms with Crippen molar-refractivity contribution in [3.63, 3.8) is 0 Å². The lowest BCUT2D eigenvalue weighted by Gasteiger charge is -1.97. The Labute approximate surface area is 98.2 Å². The molecule has 0 bridgehead atoms. The van der Waals surface area contributed by atoms with Crippen LogP contribution >= 0.6 is 12.6 Å². The van der Waals surface area contributed by atoms with E-state index < -0.39 is 11.8 Å². The molecule has 4 heteroatoms. The Morgan fingerprint density at radius 1 is 1.56 bits per heavy atom. The van der Waals surface area contributed by atoms with Gasteiger partial charge in [0.1, 0.15) is 5.82 Å². The molecule has 0 radical (unpaired) electrons.